The summed E-state index contributed by atoms with van der Waals surface area (Å²) in [5.74, 6) is 2.65. The zero-order valence-corrected chi connectivity index (χ0v) is 14.9. The molecule has 0 saturated heterocycles. The monoisotopic (exact) mass is 354 g/mol. The molecule has 0 unspecified atom stereocenters. The number of hydrogen-bond donors (Lipinski definition) is 2. The lowest BCUT2D eigenvalue weighted by Crippen LogP contribution is -2.48. The van der Waals surface area contributed by atoms with Crippen molar-refractivity contribution in [1.82, 2.24) is 10.2 Å². The van der Waals surface area contributed by atoms with Gasteiger partial charge in [0.1, 0.15) is 5.01 Å². The Hall–Kier alpha value is -1.95. The summed E-state index contributed by atoms with van der Waals surface area (Å²) >= 11 is 1.57. The lowest BCUT2D eigenvalue weighted by molar-refractivity contribution is -0.00555. The minimum absolute atomic E-state index is 0.238. The molecule has 0 atom stereocenters. The first-order valence-electron chi connectivity index (χ1n) is 9.16. The normalized spacial score (nSPS) is 32.6. The van der Waals surface area contributed by atoms with Crippen LogP contribution in [0.1, 0.15) is 43.5 Å². The minimum Gasteiger partial charge on any atom is -0.308 e. The van der Waals surface area contributed by atoms with Gasteiger partial charge in [-0.05, 0) is 68.4 Å². The van der Waals surface area contributed by atoms with E-state index < -0.39 is 0 Å². The van der Waals surface area contributed by atoms with Gasteiger partial charge >= 0.3 is 6.03 Å². The number of aromatic nitrogens is 2. The SMILES string of the molecule is O=C(Nc1ccccc1)Nc1nnc(C23CC4CC(CC(C4)C2)C3)s1. The highest BCUT2D eigenvalue weighted by molar-refractivity contribution is 7.15. The molecule has 2 amide bonds. The fraction of sp³-hybridized carbons (Fsp3) is 0.526. The number of nitrogens with one attached hydrogen (secondary N) is 2. The third-order valence-electron chi connectivity index (χ3n) is 6.17. The number of benzene rings is 1. The van der Waals surface area contributed by atoms with Crippen LogP contribution in [0.2, 0.25) is 0 Å². The Kier molecular flexibility index (Phi) is 3.55. The van der Waals surface area contributed by atoms with E-state index in [4.69, 9.17) is 0 Å². The van der Waals surface area contributed by atoms with Crippen molar-refractivity contribution in [2.75, 3.05) is 10.6 Å². The van der Waals surface area contributed by atoms with Gasteiger partial charge in [0.25, 0.3) is 0 Å². The van der Waals surface area contributed by atoms with Gasteiger partial charge in [-0.15, -0.1) is 10.2 Å². The Labute approximate surface area is 151 Å². The van der Waals surface area contributed by atoms with Crippen molar-refractivity contribution in [2.24, 2.45) is 17.8 Å². The molecule has 1 aromatic heterocycles. The van der Waals surface area contributed by atoms with Crippen molar-refractivity contribution in [2.45, 2.75) is 43.9 Å². The van der Waals surface area contributed by atoms with E-state index in [1.165, 1.54) is 38.5 Å². The molecule has 0 spiro atoms. The highest BCUT2D eigenvalue weighted by atomic mass is 32.1. The van der Waals surface area contributed by atoms with Crippen LogP contribution in [0, 0.1) is 17.8 Å². The average Bonchev–Trinajstić information content (AvgIpc) is 3.04. The largest absolute Gasteiger partial charge is 0.325 e. The number of hydrogen-bond acceptors (Lipinski definition) is 4. The van der Waals surface area contributed by atoms with E-state index in [0.717, 1.165) is 28.4 Å². The van der Waals surface area contributed by atoms with Gasteiger partial charge in [0.2, 0.25) is 5.13 Å². The van der Waals surface area contributed by atoms with Gasteiger partial charge in [0.05, 0.1) is 0 Å². The van der Waals surface area contributed by atoms with E-state index in [9.17, 15) is 4.79 Å². The number of carbonyl (C=O) groups excluding carboxylic acids is 1. The summed E-state index contributed by atoms with van der Waals surface area (Å²) in [5.41, 5.74) is 1.01. The van der Waals surface area contributed by atoms with Crippen LogP contribution in [-0.2, 0) is 5.41 Å². The third kappa shape index (κ3) is 2.82. The number of urea groups is 1. The molecule has 4 bridgehead atoms. The maximum Gasteiger partial charge on any atom is 0.325 e. The van der Waals surface area contributed by atoms with Crippen LogP contribution in [0.25, 0.3) is 0 Å². The van der Waals surface area contributed by atoms with Gasteiger partial charge in [0.15, 0.2) is 0 Å². The first-order chi connectivity index (χ1) is 12.2. The molecule has 6 rings (SSSR count). The van der Waals surface area contributed by atoms with Crippen LogP contribution in [-0.4, -0.2) is 16.2 Å². The average molecular weight is 354 g/mol. The van der Waals surface area contributed by atoms with Crippen LogP contribution in [0.3, 0.4) is 0 Å². The molecule has 6 heteroatoms. The number of carbonyl (C=O) groups is 1. The Balaban J connectivity index is 1.30. The summed E-state index contributed by atoms with van der Waals surface area (Å²) in [6, 6.07) is 9.17. The summed E-state index contributed by atoms with van der Waals surface area (Å²) in [5, 5.41) is 16.1. The van der Waals surface area contributed by atoms with Crippen molar-refractivity contribution in [1.29, 1.82) is 0 Å². The topological polar surface area (TPSA) is 66.9 Å². The van der Waals surface area contributed by atoms with Crippen molar-refractivity contribution in [3.63, 3.8) is 0 Å². The molecule has 0 aliphatic heterocycles. The lowest BCUT2D eigenvalue weighted by Gasteiger charge is -2.55. The second-order valence-electron chi connectivity index (χ2n) is 8.06. The van der Waals surface area contributed by atoms with E-state index in [1.54, 1.807) is 11.3 Å². The molecular weight excluding hydrogens is 332 g/mol. The van der Waals surface area contributed by atoms with Crippen LogP contribution in [0.15, 0.2) is 30.3 Å². The van der Waals surface area contributed by atoms with Gasteiger partial charge in [-0.25, -0.2) is 4.79 Å². The molecule has 1 heterocycles. The molecule has 4 aliphatic carbocycles. The second-order valence-corrected chi connectivity index (χ2v) is 9.03. The van der Waals surface area contributed by atoms with Crippen LogP contribution in [0.5, 0.6) is 0 Å². The van der Waals surface area contributed by atoms with E-state index >= 15 is 0 Å². The van der Waals surface area contributed by atoms with Gasteiger partial charge in [-0.2, -0.15) is 0 Å². The Morgan fingerprint density at radius 3 is 2.24 bits per heavy atom. The number of rotatable bonds is 3. The molecule has 130 valence electrons. The first-order valence-corrected chi connectivity index (χ1v) is 9.97. The van der Waals surface area contributed by atoms with E-state index in [0.29, 0.717) is 5.13 Å². The standard InChI is InChI=1S/C19H22N4OS/c24-17(20-15-4-2-1-3-5-15)21-18-23-22-16(25-18)19-9-12-6-13(10-19)8-14(7-12)11-19/h1-5,12-14H,6-11H2,(H2,20,21,23,24). The highest BCUT2D eigenvalue weighted by Crippen LogP contribution is 2.61. The number of nitrogens with zero attached hydrogens (tertiary/aromatic N) is 2. The Bertz CT molecular complexity index is 752. The maximum absolute atomic E-state index is 12.2. The Morgan fingerprint density at radius 2 is 1.60 bits per heavy atom. The van der Waals surface area contributed by atoms with Crippen molar-refractivity contribution < 1.29 is 4.79 Å². The van der Waals surface area contributed by atoms with Crippen molar-refractivity contribution >= 4 is 28.2 Å². The van der Waals surface area contributed by atoms with Gasteiger partial charge in [0, 0.05) is 11.1 Å². The molecular formula is C19H22N4OS. The van der Waals surface area contributed by atoms with Crippen molar-refractivity contribution in [3.05, 3.63) is 35.3 Å². The predicted octanol–water partition coefficient (Wildman–Crippen LogP) is 4.65. The fourth-order valence-electron chi connectivity index (χ4n) is 5.64. The minimum atomic E-state index is -0.264. The predicted molar refractivity (Wildman–Crippen MR) is 98.8 cm³/mol. The summed E-state index contributed by atoms with van der Waals surface area (Å²) in [7, 11) is 0. The molecule has 0 radical (unpaired) electrons. The lowest BCUT2D eigenvalue weighted by atomic mass is 9.50. The zero-order chi connectivity index (χ0) is 16.9. The van der Waals surface area contributed by atoms with Crippen molar-refractivity contribution in [3.8, 4) is 0 Å². The van der Waals surface area contributed by atoms with E-state index in [-0.39, 0.29) is 11.4 Å². The van der Waals surface area contributed by atoms with Gasteiger partial charge < -0.3 is 5.32 Å². The number of anilines is 2. The molecule has 25 heavy (non-hydrogen) atoms. The molecule has 4 fully saturated rings. The smallest absolute Gasteiger partial charge is 0.308 e. The maximum atomic E-state index is 12.2. The summed E-state index contributed by atoms with van der Waals surface area (Å²) < 4.78 is 0. The number of amides is 2. The van der Waals surface area contributed by atoms with E-state index in [1.807, 2.05) is 30.3 Å². The van der Waals surface area contributed by atoms with Crippen LogP contribution in [0.4, 0.5) is 15.6 Å². The third-order valence-corrected chi connectivity index (χ3v) is 7.25. The zero-order valence-electron chi connectivity index (χ0n) is 14.1. The molecule has 4 aliphatic rings. The van der Waals surface area contributed by atoms with Gasteiger partial charge in [-0.1, -0.05) is 29.5 Å². The van der Waals surface area contributed by atoms with Crippen LogP contribution < -0.4 is 10.6 Å². The molecule has 1 aromatic carbocycles. The summed E-state index contributed by atoms with van der Waals surface area (Å²) in [4.78, 5) is 12.2. The first kappa shape index (κ1) is 15.3. The highest BCUT2D eigenvalue weighted by Gasteiger charge is 2.53. The molecule has 4 saturated carbocycles. The quantitative estimate of drug-likeness (QED) is 0.843. The Morgan fingerprint density at radius 1 is 0.960 bits per heavy atom. The van der Waals surface area contributed by atoms with Gasteiger partial charge in [-0.3, -0.25) is 5.32 Å². The van der Waals surface area contributed by atoms with E-state index in [2.05, 4.69) is 20.8 Å². The molecule has 5 nitrogen and oxygen atoms in total. The summed E-state index contributed by atoms with van der Waals surface area (Å²) in [6.45, 7) is 0. The molecule has 2 N–H and O–H groups in total. The number of para-hydroxylation sites is 1. The molecule has 2 aromatic rings. The van der Waals surface area contributed by atoms with Crippen LogP contribution >= 0.6 is 11.3 Å². The fourth-order valence-corrected chi connectivity index (χ4v) is 6.60. The second kappa shape index (κ2) is 5.80. The summed E-state index contributed by atoms with van der Waals surface area (Å²) in [6.07, 6.45) is 8.06.